The van der Waals surface area contributed by atoms with E-state index in [0.717, 1.165) is 27.0 Å². The Morgan fingerprint density at radius 3 is 2.83 bits per heavy atom. The topological polar surface area (TPSA) is 49.8 Å². The minimum atomic E-state index is -0.861. The fourth-order valence-corrected chi connectivity index (χ4v) is 3.32. The highest BCUT2D eigenvalue weighted by Crippen LogP contribution is 2.32. The van der Waals surface area contributed by atoms with Crippen LogP contribution in [0.2, 0.25) is 0 Å². The van der Waals surface area contributed by atoms with Crippen molar-refractivity contribution < 1.29 is 14.6 Å². The van der Waals surface area contributed by atoms with Crippen LogP contribution >= 0.6 is 15.9 Å². The van der Waals surface area contributed by atoms with E-state index in [1.54, 1.807) is 13.2 Å². The summed E-state index contributed by atoms with van der Waals surface area (Å²) in [7, 11) is 1.66. The predicted molar refractivity (Wildman–Crippen MR) is 98.4 cm³/mol. The summed E-state index contributed by atoms with van der Waals surface area (Å²) in [6.45, 7) is 1.31. The highest BCUT2D eigenvalue weighted by atomic mass is 79.9. The quantitative estimate of drug-likeness (QED) is 0.847. The van der Waals surface area contributed by atoms with Crippen LogP contribution < -0.4 is 9.64 Å². The lowest BCUT2D eigenvalue weighted by molar-refractivity contribution is -0.132. The Morgan fingerprint density at radius 1 is 1.29 bits per heavy atom. The van der Waals surface area contributed by atoms with Gasteiger partial charge in [0.1, 0.15) is 5.75 Å². The number of hydrogen-bond donors (Lipinski definition) is 1. The SMILES string of the molecule is COc1ccccc1CN1CCC(C(=O)O)=Cc2cc(Br)ccc21. The number of rotatable bonds is 4. The molecule has 0 amide bonds. The molecule has 0 unspecified atom stereocenters. The zero-order chi connectivity index (χ0) is 17.1. The van der Waals surface area contributed by atoms with E-state index in [-0.39, 0.29) is 0 Å². The molecule has 0 aliphatic carbocycles. The molecule has 0 spiro atoms. The molecular weight excluding hydrogens is 370 g/mol. The smallest absolute Gasteiger partial charge is 0.331 e. The molecule has 2 aromatic rings. The van der Waals surface area contributed by atoms with Crippen molar-refractivity contribution in [2.24, 2.45) is 0 Å². The van der Waals surface area contributed by atoms with Crippen LogP contribution in [0.5, 0.6) is 5.75 Å². The zero-order valence-corrected chi connectivity index (χ0v) is 14.9. The summed E-state index contributed by atoms with van der Waals surface area (Å²) in [4.78, 5) is 13.6. The predicted octanol–water partition coefficient (Wildman–Crippen LogP) is 4.34. The van der Waals surface area contributed by atoms with Crippen molar-refractivity contribution in [3.63, 3.8) is 0 Å². The van der Waals surface area contributed by atoms with Gasteiger partial charge in [0, 0.05) is 34.4 Å². The number of benzene rings is 2. The second kappa shape index (κ2) is 7.09. The molecule has 4 nitrogen and oxygen atoms in total. The van der Waals surface area contributed by atoms with E-state index < -0.39 is 5.97 Å². The number of para-hydroxylation sites is 1. The van der Waals surface area contributed by atoms with Gasteiger partial charge in [-0.25, -0.2) is 4.79 Å². The molecular formula is C19H18BrNO3. The molecule has 24 heavy (non-hydrogen) atoms. The third-order valence-corrected chi connectivity index (χ3v) is 4.63. The third kappa shape index (κ3) is 3.46. The molecule has 0 saturated carbocycles. The highest BCUT2D eigenvalue weighted by Gasteiger charge is 2.20. The van der Waals surface area contributed by atoms with Crippen LogP contribution in [0.25, 0.3) is 6.08 Å². The average molecular weight is 388 g/mol. The fourth-order valence-electron chi connectivity index (χ4n) is 2.94. The molecule has 1 heterocycles. The number of ether oxygens (including phenoxy) is 1. The van der Waals surface area contributed by atoms with E-state index in [0.29, 0.717) is 25.1 Å². The van der Waals surface area contributed by atoms with Crippen LogP contribution in [0.3, 0.4) is 0 Å². The van der Waals surface area contributed by atoms with E-state index in [2.05, 4.69) is 20.8 Å². The first-order valence-corrected chi connectivity index (χ1v) is 8.48. The first kappa shape index (κ1) is 16.6. The second-order valence-corrected chi connectivity index (χ2v) is 6.58. The lowest BCUT2D eigenvalue weighted by atomic mass is 10.1. The number of nitrogens with zero attached hydrogens (tertiary/aromatic N) is 1. The maximum atomic E-state index is 11.4. The van der Waals surface area contributed by atoms with E-state index in [1.807, 2.05) is 42.5 Å². The molecule has 1 N–H and O–H groups in total. The van der Waals surface area contributed by atoms with Gasteiger partial charge in [-0.05, 0) is 42.3 Å². The normalized spacial score (nSPS) is 13.8. The first-order chi connectivity index (χ1) is 11.6. The summed E-state index contributed by atoms with van der Waals surface area (Å²) < 4.78 is 6.38. The molecule has 3 rings (SSSR count). The van der Waals surface area contributed by atoms with Crippen molar-refractivity contribution in [1.29, 1.82) is 0 Å². The number of hydrogen-bond acceptors (Lipinski definition) is 3. The third-order valence-electron chi connectivity index (χ3n) is 4.14. The Hall–Kier alpha value is -2.27. The number of methoxy groups -OCH3 is 1. The molecule has 5 heteroatoms. The summed E-state index contributed by atoms with van der Waals surface area (Å²) in [5.74, 6) is -0.0214. The number of halogens is 1. The van der Waals surface area contributed by atoms with E-state index in [9.17, 15) is 9.90 Å². The van der Waals surface area contributed by atoms with Gasteiger partial charge in [0.15, 0.2) is 0 Å². The number of anilines is 1. The minimum absolute atomic E-state index is 0.428. The molecule has 0 radical (unpaired) electrons. The molecule has 0 atom stereocenters. The summed E-state index contributed by atoms with van der Waals surface area (Å²) >= 11 is 3.47. The van der Waals surface area contributed by atoms with Gasteiger partial charge >= 0.3 is 5.97 Å². The van der Waals surface area contributed by atoms with Crippen molar-refractivity contribution >= 4 is 33.7 Å². The summed E-state index contributed by atoms with van der Waals surface area (Å²) in [6.07, 6.45) is 2.27. The molecule has 0 saturated heterocycles. The van der Waals surface area contributed by atoms with Crippen molar-refractivity contribution in [1.82, 2.24) is 0 Å². The summed E-state index contributed by atoms with van der Waals surface area (Å²) in [6, 6.07) is 13.9. The van der Waals surface area contributed by atoms with Gasteiger partial charge in [-0.2, -0.15) is 0 Å². The Labute approximate surface area is 149 Å². The molecule has 124 valence electrons. The van der Waals surface area contributed by atoms with Crippen molar-refractivity contribution in [3.05, 3.63) is 63.6 Å². The maximum absolute atomic E-state index is 11.4. The van der Waals surface area contributed by atoms with Crippen LogP contribution in [0.15, 0.2) is 52.5 Å². The van der Waals surface area contributed by atoms with Gasteiger partial charge in [0.25, 0.3) is 0 Å². The molecule has 0 bridgehead atoms. The molecule has 1 aliphatic heterocycles. The number of fused-ring (bicyclic) bond motifs is 1. The van der Waals surface area contributed by atoms with Crippen LogP contribution in [0.1, 0.15) is 17.5 Å². The van der Waals surface area contributed by atoms with Gasteiger partial charge in [0.2, 0.25) is 0 Å². The Morgan fingerprint density at radius 2 is 2.08 bits per heavy atom. The molecule has 0 aromatic heterocycles. The average Bonchev–Trinajstić information content (AvgIpc) is 2.75. The van der Waals surface area contributed by atoms with Crippen LogP contribution in [-0.4, -0.2) is 24.7 Å². The number of aliphatic carboxylic acids is 1. The largest absolute Gasteiger partial charge is 0.496 e. The van der Waals surface area contributed by atoms with Gasteiger partial charge in [0.05, 0.1) is 7.11 Å². The Kier molecular flexibility index (Phi) is 4.90. The molecule has 0 fully saturated rings. The molecule has 1 aliphatic rings. The van der Waals surface area contributed by atoms with E-state index >= 15 is 0 Å². The zero-order valence-electron chi connectivity index (χ0n) is 13.3. The van der Waals surface area contributed by atoms with Crippen LogP contribution in [-0.2, 0) is 11.3 Å². The Balaban J connectivity index is 1.99. The first-order valence-electron chi connectivity index (χ1n) is 7.68. The number of carbonyl (C=O) groups is 1. The van der Waals surface area contributed by atoms with Crippen molar-refractivity contribution in [3.8, 4) is 5.75 Å². The van der Waals surface area contributed by atoms with Crippen molar-refractivity contribution in [2.45, 2.75) is 13.0 Å². The second-order valence-electron chi connectivity index (χ2n) is 5.66. The maximum Gasteiger partial charge on any atom is 0.331 e. The van der Waals surface area contributed by atoms with Crippen LogP contribution in [0, 0.1) is 0 Å². The Bertz CT molecular complexity index is 801. The van der Waals surface area contributed by atoms with Gasteiger partial charge in [-0.15, -0.1) is 0 Å². The summed E-state index contributed by atoms with van der Waals surface area (Å²) in [5, 5.41) is 9.40. The summed E-state index contributed by atoms with van der Waals surface area (Å²) in [5.41, 5.74) is 3.44. The van der Waals surface area contributed by atoms with Crippen LogP contribution in [0.4, 0.5) is 5.69 Å². The number of carboxylic acids is 1. The monoisotopic (exact) mass is 387 g/mol. The standard InChI is InChI=1S/C19H18BrNO3/c1-24-18-5-3-2-4-14(18)12-21-9-8-13(19(22)23)10-15-11-16(20)6-7-17(15)21/h2-7,10-11H,8-9,12H2,1H3,(H,22,23). The minimum Gasteiger partial charge on any atom is -0.496 e. The van der Waals surface area contributed by atoms with E-state index in [1.165, 1.54) is 0 Å². The van der Waals surface area contributed by atoms with Crippen molar-refractivity contribution in [2.75, 3.05) is 18.6 Å². The van der Waals surface area contributed by atoms with Gasteiger partial charge in [-0.1, -0.05) is 34.1 Å². The number of carboxylic acid groups (broad SMARTS) is 1. The lowest BCUT2D eigenvalue weighted by Crippen LogP contribution is -2.24. The molecule has 2 aromatic carbocycles. The lowest BCUT2D eigenvalue weighted by Gasteiger charge is -2.26. The van der Waals surface area contributed by atoms with Gasteiger partial charge in [-0.3, -0.25) is 0 Å². The van der Waals surface area contributed by atoms with E-state index in [4.69, 9.17) is 4.74 Å². The highest BCUT2D eigenvalue weighted by molar-refractivity contribution is 9.10. The van der Waals surface area contributed by atoms with Gasteiger partial charge < -0.3 is 14.7 Å². The fraction of sp³-hybridized carbons (Fsp3) is 0.211.